The standard InChI is InChI=1S/C30H39N2O9P/c1-5-6-26-39-25-14-22-21-8-7-19-13-20(34)9-10-28(19,3)27(21)23(41-42(36,37)32-12-11-31-17-32)15-29(22,4)30(25,40-26)24(35)16-38-18(2)33/h9-13,17,21-23,25-27H,5-8,14-16H2,1-4H3,(H,36,37)/t21-,22-,23-,25+,26?,27+,28-,29-,30+/m0/s1. The second kappa shape index (κ2) is 10.3. The second-order valence-corrected chi connectivity index (χ2v) is 14.5. The molecule has 12 heteroatoms. The Morgan fingerprint density at radius 1 is 1.31 bits per heavy atom. The van der Waals surface area contributed by atoms with Gasteiger partial charge in [-0.15, -0.1) is 0 Å². The van der Waals surface area contributed by atoms with Crippen LogP contribution in [0.3, 0.4) is 0 Å². The van der Waals surface area contributed by atoms with E-state index in [2.05, 4.69) is 11.9 Å². The summed E-state index contributed by atoms with van der Waals surface area (Å²) in [6.07, 6.45) is 10.9. The molecule has 0 radical (unpaired) electrons. The van der Waals surface area contributed by atoms with E-state index in [9.17, 15) is 23.8 Å². The SMILES string of the molecule is CCCC1O[C@@H]2C[C@H]3[C@@H]4CCC5=CC(=O)C=C[C@]5(C)[C@H]4[C@@H](OP(=O)(O)n4ccnc4)C[C@]3(C)[C@]2(C(=O)COC(C)=O)O1. The fraction of sp³-hybridized carbons (Fsp3) is 0.667. The zero-order valence-corrected chi connectivity index (χ0v) is 25.3. The second-order valence-electron chi connectivity index (χ2n) is 12.9. The van der Waals surface area contributed by atoms with Gasteiger partial charge in [-0.05, 0) is 56.1 Å². The third-order valence-corrected chi connectivity index (χ3v) is 12.0. The minimum absolute atomic E-state index is 0.0302. The first-order valence-electron chi connectivity index (χ1n) is 14.8. The van der Waals surface area contributed by atoms with Gasteiger partial charge in [0.15, 0.2) is 24.3 Å². The highest BCUT2D eigenvalue weighted by atomic mass is 31.2. The largest absolute Gasteiger partial charge is 0.458 e. The molecule has 6 rings (SSSR count). The average molecular weight is 603 g/mol. The topological polar surface area (TPSA) is 143 Å². The summed E-state index contributed by atoms with van der Waals surface area (Å²) < 4.78 is 39.2. The van der Waals surface area contributed by atoms with Crippen LogP contribution in [0.1, 0.15) is 66.2 Å². The van der Waals surface area contributed by atoms with Crippen molar-refractivity contribution in [2.45, 2.75) is 90.3 Å². The van der Waals surface area contributed by atoms with Crippen molar-refractivity contribution in [1.29, 1.82) is 0 Å². The summed E-state index contributed by atoms with van der Waals surface area (Å²) in [5, 5.41) is 0. The molecule has 1 saturated heterocycles. The summed E-state index contributed by atoms with van der Waals surface area (Å²) in [7, 11) is -4.39. The lowest BCUT2D eigenvalue weighted by Gasteiger charge is -2.60. The van der Waals surface area contributed by atoms with Gasteiger partial charge in [-0.2, -0.15) is 0 Å². The highest BCUT2D eigenvalue weighted by Gasteiger charge is 2.76. The molecule has 1 N–H and O–H groups in total. The van der Waals surface area contributed by atoms with Crippen LogP contribution in [0.15, 0.2) is 42.5 Å². The summed E-state index contributed by atoms with van der Waals surface area (Å²) in [6, 6.07) is 0. The van der Waals surface area contributed by atoms with Crippen LogP contribution >= 0.6 is 7.75 Å². The molecule has 228 valence electrons. The molecule has 1 aliphatic heterocycles. The number of carbonyl (C=O) groups is 3. The van der Waals surface area contributed by atoms with Gasteiger partial charge in [0.25, 0.3) is 0 Å². The van der Waals surface area contributed by atoms with Crippen molar-refractivity contribution in [2.24, 2.45) is 28.6 Å². The van der Waals surface area contributed by atoms with Crippen molar-refractivity contribution in [3.63, 3.8) is 0 Å². The Morgan fingerprint density at radius 2 is 2.10 bits per heavy atom. The molecule has 1 aromatic rings. The van der Waals surface area contributed by atoms with Gasteiger partial charge in [0.05, 0.1) is 12.2 Å². The highest BCUT2D eigenvalue weighted by Crippen LogP contribution is 2.71. The number of allylic oxidation sites excluding steroid dienone is 4. The first-order valence-corrected chi connectivity index (χ1v) is 16.3. The first-order chi connectivity index (χ1) is 19.9. The smallest absolute Gasteiger partial charge is 0.437 e. The van der Waals surface area contributed by atoms with Crippen LogP contribution < -0.4 is 0 Å². The molecule has 5 aliphatic rings. The zero-order chi connectivity index (χ0) is 30.1. The number of rotatable bonds is 8. The number of hydrogen-bond acceptors (Lipinski definition) is 9. The number of Topliss-reactive ketones (excluding diaryl/α,β-unsaturated/α-hetero) is 1. The van der Waals surface area contributed by atoms with Crippen LogP contribution in [0.2, 0.25) is 0 Å². The van der Waals surface area contributed by atoms with Gasteiger partial charge in [-0.1, -0.05) is 38.8 Å². The Bertz CT molecular complexity index is 1390. The van der Waals surface area contributed by atoms with Gasteiger partial charge in [0.1, 0.15) is 6.33 Å². The lowest BCUT2D eigenvalue weighted by molar-refractivity contribution is -0.199. The Kier molecular flexibility index (Phi) is 7.29. The number of nitrogens with zero attached hydrogens (tertiary/aromatic N) is 2. The monoisotopic (exact) mass is 602 g/mol. The van der Waals surface area contributed by atoms with E-state index in [4.69, 9.17) is 18.7 Å². The van der Waals surface area contributed by atoms with E-state index in [1.807, 2.05) is 19.9 Å². The molecule has 10 atom stereocenters. The van der Waals surface area contributed by atoms with Crippen molar-refractivity contribution in [3.05, 3.63) is 42.5 Å². The van der Waals surface area contributed by atoms with Gasteiger partial charge in [-0.3, -0.25) is 18.9 Å². The van der Waals surface area contributed by atoms with Gasteiger partial charge < -0.3 is 19.1 Å². The van der Waals surface area contributed by atoms with E-state index in [0.29, 0.717) is 25.7 Å². The van der Waals surface area contributed by atoms with Crippen LogP contribution in [0.5, 0.6) is 0 Å². The van der Waals surface area contributed by atoms with Gasteiger partial charge in [0.2, 0.25) is 5.78 Å². The van der Waals surface area contributed by atoms with E-state index >= 15 is 0 Å². The lowest BCUT2D eigenvalue weighted by atomic mass is 9.46. The molecule has 4 aliphatic carbocycles. The maximum atomic E-state index is 14.1. The normalized spacial score (nSPS) is 41.6. The summed E-state index contributed by atoms with van der Waals surface area (Å²) in [5.41, 5.74) is -1.87. The highest BCUT2D eigenvalue weighted by molar-refractivity contribution is 7.51. The summed E-state index contributed by atoms with van der Waals surface area (Å²) in [5.74, 6) is -1.33. The van der Waals surface area contributed by atoms with E-state index < -0.39 is 55.3 Å². The van der Waals surface area contributed by atoms with Crippen LogP contribution in [-0.4, -0.2) is 62.5 Å². The van der Waals surface area contributed by atoms with Crippen LogP contribution in [-0.2, 0) is 37.7 Å². The van der Waals surface area contributed by atoms with E-state index in [1.165, 1.54) is 25.6 Å². The molecule has 1 aromatic heterocycles. The molecule has 42 heavy (non-hydrogen) atoms. The molecule has 2 heterocycles. The first kappa shape index (κ1) is 29.6. The maximum absolute atomic E-state index is 14.1. The number of hydrogen-bond donors (Lipinski definition) is 1. The third-order valence-electron chi connectivity index (χ3n) is 10.7. The summed E-state index contributed by atoms with van der Waals surface area (Å²) in [4.78, 5) is 53.3. The van der Waals surface area contributed by atoms with E-state index in [1.54, 1.807) is 12.2 Å². The molecule has 2 unspecified atom stereocenters. The van der Waals surface area contributed by atoms with Crippen molar-refractivity contribution in [3.8, 4) is 0 Å². The lowest BCUT2D eigenvalue weighted by Crippen LogP contribution is -2.64. The quantitative estimate of drug-likeness (QED) is 0.340. The molecule has 4 fully saturated rings. The number of ether oxygens (including phenoxy) is 3. The fourth-order valence-electron chi connectivity index (χ4n) is 8.98. The molecule has 11 nitrogen and oxygen atoms in total. The third kappa shape index (κ3) is 4.34. The van der Waals surface area contributed by atoms with Crippen molar-refractivity contribution in [1.82, 2.24) is 9.32 Å². The Morgan fingerprint density at radius 3 is 2.79 bits per heavy atom. The van der Waals surface area contributed by atoms with Gasteiger partial charge >= 0.3 is 13.7 Å². The Balaban J connectivity index is 1.46. The minimum Gasteiger partial charge on any atom is -0.458 e. The minimum atomic E-state index is -4.39. The van der Waals surface area contributed by atoms with E-state index in [0.717, 1.165) is 16.3 Å². The predicted molar refractivity (Wildman–Crippen MR) is 149 cm³/mol. The molecule has 0 amide bonds. The summed E-state index contributed by atoms with van der Waals surface area (Å²) in [6.45, 7) is 6.89. The average Bonchev–Trinajstić information content (AvgIpc) is 3.64. The molecule has 0 bridgehead atoms. The zero-order valence-electron chi connectivity index (χ0n) is 24.4. The van der Waals surface area contributed by atoms with Crippen LogP contribution in [0.4, 0.5) is 0 Å². The van der Waals surface area contributed by atoms with Gasteiger partial charge in [0, 0.05) is 36.1 Å². The molecule has 3 saturated carbocycles. The molecule has 0 spiro atoms. The van der Waals surface area contributed by atoms with Gasteiger partial charge in [-0.25, -0.2) is 13.9 Å². The molecular weight excluding hydrogens is 563 g/mol. The van der Waals surface area contributed by atoms with E-state index in [-0.39, 0.29) is 35.7 Å². The number of carbonyl (C=O) groups excluding carboxylic acids is 3. The van der Waals surface area contributed by atoms with Crippen LogP contribution in [0, 0.1) is 28.6 Å². The number of fused-ring (bicyclic) bond motifs is 7. The van der Waals surface area contributed by atoms with Crippen molar-refractivity contribution < 1.29 is 42.6 Å². The summed E-state index contributed by atoms with van der Waals surface area (Å²) >= 11 is 0. The Labute approximate surface area is 245 Å². The van der Waals surface area contributed by atoms with Crippen molar-refractivity contribution >= 4 is 25.3 Å². The maximum Gasteiger partial charge on any atom is 0.437 e. The number of ketones is 2. The Hall–Kier alpha value is -2.43. The van der Waals surface area contributed by atoms with Crippen molar-refractivity contribution in [2.75, 3.05) is 6.61 Å². The fourth-order valence-corrected chi connectivity index (χ4v) is 10.1. The molecular formula is C30H39N2O9P. The number of esters is 1. The molecule has 0 aromatic carbocycles. The number of imidazole rings is 1. The predicted octanol–water partition coefficient (Wildman–Crippen LogP) is 4.16. The van der Waals surface area contributed by atoms with Crippen LogP contribution in [0.25, 0.3) is 0 Å². The number of aromatic nitrogens is 2.